The predicted octanol–water partition coefficient (Wildman–Crippen LogP) is 3.79. The summed E-state index contributed by atoms with van der Waals surface area (Å²) >= 11 is 0. The third-order valence-electron chi connectivity index (χ3n) is 5.55. The van der Waals surface area contributed by atoms with E-state index in [0.29, 0.717) is 17.9 Å². The zero-order chi connectivity index (χ0) is 19.2. The van der Waals surface area contributed by atoms with E-state index in [1.165, 1.54) is 11.6 Å². The Morgan fingerprint density at radius 1 is 1.22 bits per heavy atom. The zero-order valence-electron chi connectivity index (χ0n) is 15.9. The molecule has 1 saturated heterocycles. The lowest BCUT2D eigenvalue weighted by Crippen LogP contribution is -2.35. The molecule has 146 valence electrons. The Hall–Kier alpha value is -2.11. The van der Waals surface area contributed by atoms with Gasteiger partial charge in [0.1, 0.15) is 11.6 Å². The van der Waals surface area contributed by atoms with Gasteiger partial charge >= 0.3 is 0 Å². The first-order valence-electron chi connectivity index (χ1n) is 9.64. The van der Waals surface area contributed by atoms with E-state index in [1.54, 1.807) is 25.3 Å². The van der Waals surface area contributed by atoms with Crippen molar-refractivity contribution in [3.05, 3.63) is 59.4 Å². The molecule has 2 aromatic rings. The molecule has 1 aliphatic heterocycles. The molecule has 3 N–H and O–H groups in total. The van der Waals surface area contributed by atoms with Crippen LogP contribution in [0, 0.1) is 11.7 Å². The molecule has 3 rings (SSSR count). The topological polar surface area (TPSA) is 58.7 Å². The number of likely N-dealkylation sites (tertiary alicyclic amines) is 1. The summed E-state index contributed by atoms with van der Waals surface area (Å²) in [5.41, 5.74) is 8.51. The summed E-state index contributed by atoms with van der Waals surface area (Å²) in [6.45, 7) is 2.79. The van der Waals surface area contributed by atoms with Gasteiger partial charge in [-0.25, -0.2) is 4.39 Å². The summed E-state index contributed by atoms with van der Waals surface area (Å²) in [6, 6.07) is 12.4. The number of aliphatic hydroxyl groups excluding tert-OH is 1. The quantitative estimate of drug-likeness (QED) is 0.726. The van der Waals surface area contributed by atoms with E-state index in [1.807, 2.05) is 12.1 Å². The molecule has 5 heteroatoms. The molecule has 0 amide bonds. The van der Waals surface area contributed by atoms with E-state index in [9.17, 15) is 9.50 Å². The summed E-state index contributed by atoms with van der Waals surface area (Å²) < 4.78 is 19.0. The molecule has 27 heavy (non-hydrogen) atoms. The first kappa shape index (κ1) is 19.6. The van der Waals surface area contributed by atoms with Crippen molar-refractivity contribution < 1.29 is 14.2 Å². The van der Waals surface area contributed by atoms with Crippen LogP contribution < -0.4 is 10.5 Å². The van der Waals surface area contributed by atoms with Gasteiger partial charge in [0, 0.05) is 23.9 Å². The van der Waals surface area contributed by atoms with Crippen LogP contribution in [-0.4, -0.2) is 36.8 Å². The van der Waals surface area contributed by atoms with E-state index < -0.39 is 6.10 Å². The normalized spacial score (nSPS) is 17.0. The SMILES string of the molecule is COc1ccc(CC2CCN(CCC(O)c3ccccc3F)CC2)c(N)c1. The molecule has 1 atom stereocenters. The molecule has 0 saturated carbocycles. The van der Waals surface area contributed by atoms with Gasteiger partial charge in [-0.15, -0.1) is 0 Å². The lowest BCUT2D eigenvalue weighted by molar-refractivity contribution is 0.120. The summed E-state index contributed by atoms with van der Waals surface area (Å²) in [5.74, 6) is 1.08. The van der Waals surface area contributed by atoms with Crippen molar-refractivity contribution in [2.45, 2.75) is 31.8 Å². The number of nitrogen functional groups attached to an aromatic ring is 1. The molecular weight excluding hydrogens is 343 g/mol. The van der Waals surface area contributed by atoms with Crippen molar-refractivity contribution in [3.8, 4) is 5.75 Å². The molecule has 0 aliphatic carbocycles. The van der Waals surface area contributed by atoms with Crippen LogP contribution in [0.1, 0.15) is 36.5 Å². The minimum absolute atomic E-state index is 0.333. The molecule has 1 fully saturated rings. The maximum Gasteiger partial charge on any atom is 0.128 e. The van der Waals surface area contributed by atoms with Gasteiger partial charge in [-0.3, -0.25) is 0 Å². The fourth-order valence-corrected chi connectivity index (χ4v) is 3.82. The zero-order valence-corrected chi connectivity index (χ0v) is 15.9. The fraction of sp³-hybridized carbons (Fsp3) is 0.455. The van der Waals surface area contributed by atoms with Crippen LogP contribution >= 0.6 is 0 Å². The Morgan fingerprint density at radius 2 is 1.96 bits per heavy atom. The second-order valence-corrected chi connectivity index (χ2v) is 7.38. The van der Waals surface area contributed by atoms with Crippen LogP contribution in [0.3, 0.4) is 0 Å². The van der Waals surface area contributed by atoms with Crippen LogP contribution in [0.4, 0.5) is 10.1 Å². The first-order chi connectivity index (χ1) is 13.1. The number of nitrogens with two attached hydrogens (primary N) is 1. The molecule has 1 unspecified atom stereocenters. The molecule has 4 nitrogen and oxygen atoms in total. The summed E-state index contributed by atoms with van der Waals surface area (Å²) in [6.07, 6.45) is 3.02. The van der Waals surface area contributed by atoms with Gasteiger partial charge < -0.3 is 20.5 Å². The molecule has 0 aromatic heterocycles. The van der Waals surface area contributed by atoms with E-state index in [4.69, 9.17) is 10.5 Å². The van der Waals surface area contributed by atoms with Crippen molar-refractivity contribution in [3.63, 3.8) is 0 Å². The minimum atomic E-state index is -0.747. The summed E-state index contributed by atoms with van der Waals surface area (Å²) in [4.78, 5) is 2.36. The third kappa shape index (κ3) is 5.21. The van der Waals surface area contributed by atoms with Gasteiger partial charge in [0.15, 0.2) is 0 Å². The minimum Gasteiger partial charge on any atom is -0.497 e. The number of halogens is 1. The Bertz CT molecular complexity index is 745. The van der Waals surface area contributed by atoms with Crippen LogP contribution in [0.5, 0.6) is 5.75 Å². The Labute approximate surface area is 160 Å². The van der Waals surface area contributed by atoms with Gasteiger partial charge in [0.05, 0.1) is 13.2 Å². The first-order valence-corrected chi connectivity index (χ1v) is 9.64. The number of piperidine rings is 1. The number of aliphatic hydroxyl groups is 1. The smallest absolute Gasteiger partial charge is 0.128 e. The van der Waals surface area contributed by atoms with Crippen LogP contribution in [-0.2, 0) is 6.42 Å². The monoisotopic (exact) mass is 372 g/mol. The van der Waals surface area contributed by atoms with Crippen molar-refractivity contribution >= 4 is 5.69 Å². The van der Waals surface area contributed by atoms with E-state index >= 15 is 0 Å². The lowest BCUT2D eigenvalue weighted by atomic mass is 9.89. The van der Waals surface area contributed by atoms with Gasteiger partial charge in [-0.1, -0.05) is 24.3 Å². The van der Waals surface area contributed by atoms with E-state index in [0.717, 1.165) is 50.3 Å². The second-order valence-electron chi connectivity index (χ2n) is 7.38. The molecule has 2 aromatic carbocycles. The summed E-state index contributed by atoms with van der Waals surface area (Å²) in [7, 11) is 1.65. The third-order valence-corrected chi connectivity index (χ3v) is 5.55. The molecule has 1 heterocycles. The highest BCUT2D eigenvalue weighted by Crippen LogP contribution is 2.27. The Morgan fingerprint density at radius 3 is 2.63 bits per heavy atom. The standard InChI is InChI=1S/C22H29FN2O2/c1-27-18-7-6-17(21(24)15-18)14-16-8-11-25(12-9-16)13-10-22(26)19-4-2-3-5-20(19)23/h2-7,15-16,22,26H,8-14,24H2,1H3. The number of rotatable bonds is 7. The Kier molecular flexibility index (Phi) is 6.69. The largest absolute Gasteiger partial charge is 0.497 e. The van der Waals surface area contributed by atoms with Gasteiger partial charge in [0.25, 0.3) is 0 Å². The van der Waals surface area contributed by atoms with E-state index in [2.05, 4.69) is 11.0 Å². The molecule has 0 spiro atoms. The predicted molar refractivity (Wildman–Crippen MR) is 106 cm³/mol. The van der Waals surface area contributed by atoms with Crippen molar-refractivity contribution in [2.75, 3.05) is 32.5 Å². The van der Waals surface area contributed by atoms with Gasteiger partial charge in [-0.2, -0.15) is 0 Å². The van der Waals surface area contributed by atoms with Crippen LogP contribution in [0.25, 0.3) is 0 Å². The fourth-order valence-electron chi connectivity index (χ4n) is 3.82. The molecule has 0 radical (unpaired) electrons. The number of nitrogens with zero attached hydrogens (tertiary/aromatic N) is 1. The van der Waals surface area contributed by atoms with Crippen molar-refractivity contribution in [1.29, 1.82) is 0 Å². The maximum absolute atomic E-state index is 13.8. The number of anilines is 1. The number of methoxy groups -OCH3 is 1. The number of hydrogen-bond acceptors (Lipinski definition) is 4. The lowest BCUT2D eigenvalue weighted by Gasteiger charge is -2.32. The van der Waals surface area contributed by atoms with Crippen molar-refractivity contribution in [2.24, 2.45) is 5.92 Å². The van der Waals surface area contributed by atoms with Crippen LogP contribution in [0.2, 0.25) is 0 Å². The summed E-state index contributed by atoms with van der Waals surface area (Å²) in [5, 5.41) is 10.3. The molecule has 1 aliphatic rings. The number of hydrogen-bond donors (Lipinski definition) is 2. The van der Waals surface area contributed by atoms with Crippen LogP contribution in [0.15, 0.2) is 42.5 Å². The number of ether oxygens (including phenoxy) is 1. The average molecular weight is 372 g/mol. The Balaban J connectivity index is 1.44. The van der Waals surface area contributed by atoms with Gasteiger partial charge in [-0.05, 0) is 62.4 Å². The molecule has 0 bridgehead atoms. The van der Waals surface area contributed by atoms with E-state index in [-0.39, 0.29) is 5.82 Å². The highest BCUT2D eigenvalue weighted by atomic mass is 19.1. The van der Waals surface area contributed by atoms with Gasteiger partial charge in [0.2, 0.25) is 0 Å². The maximum atomic E-state index is 13.8. The average Bonchev–Trinajstić information content (AvgIpc) is 2.69. The highest BCUT2D eigenvalue weighted by molar-refractivity contribution is 5.51. The molecular formula is C22H29FN2O2. The highest BCUT2D eigenvalue weighted by Gasteiger charge is 2.21. The number of benzene rings is 2. The second kappa shape index (κ2) is 9.20. The van der Waals surface area contributed by atoms with Crippen molar-refractivity contribution in [1.82, 2.24) is 4.90 Å².